The summed E-state index contributed by atoms with van der Waals surface area (Å²) in [5.74, 6) is -2.32. The van der Waals surface area contributed by atoms with Gasteiger partial charge in [0.1, 0.15) is 17.3 Å². The zero-order valence-corrected chi connectivity index (χ0v) is 22.1. The Labute approximate surface area is 238 Å². The van der Waals surface area contributed by atoms with Crippen molar-refractivity contribution in [3.05, 3.63) is 130 Å². The molecule has 0 aliphatic rings. The van der Waals surface area contributed by atoms with E-state index in [9.17, 15) is 18.4 Å². The van der Waals surface area contributed by atoms with E-state index in [0.717, 1.165) is 12.2 Å². The van der Waals surface area contributed by atoms with E-state index in [4.69, 9.17) is 23.2 Å². The van der Waals surface area contributed by atoms with Crippen LogP contribution in [0.4, 0.5) is 31.5 Å². The third kappa shape index (κ3) is 7.69. The first-order valence-electron chi connectivity index (χ1n) is 11.8. The van der Waals surface area contributed by atoms with Gasteiger partial charge in [-0.3, -0.25) is 9.59 Å². The average Bonchev–Trinajstić information content (AvgIpc) is 2.92. The van der Waals surface area contributed by atoms with Gasteiger partial charge in [0.15, 0.2) is 0 Å². The lowest BCUT2D eigenvalue weighted by Gasteiger charge is -2.10. The third-order valence-electron chi connectivity index (χ3n) is 5.35. The molecule has 4 aromatic carbocycles. The van der Waals surface area contributed by atoms with Gasteiger partial charge < -0.3 is 10.6 Å². The molecule has 0 saturated carbocycles. The molecule has 2 amide bonds. The zero-order valence-electron chi connectivity index (χ0n) is 20.6. The Hall–Kier alpha value is -4.66. The molecule has 200 valence electrons. The molecule has 0 fully saturated rings. The van der Waals surface area contributed by atoms with E-state index in [1.807, 2.05) is 6.07 Å². The van der Waals surface area contributed by atoms with Gasteiger partial charge in [-0.15, -0.1) is 5.11 Å². The minimum Gasteiger partial charge on any atom is -0.322 e. The Bertz CT molecular complexity index is 1600. The first-order valence-corrected chi connectivity index (χ1v) is 12.5. The maximum Gasteiger partial charge on any atom is 0.248 e. The summed E-state index contributed by atoms with van der Waals surface area (Å²) in [7, 11) is 0. The van der Waals surface area contributed by atoms with E-state index in [0.29, 0.717) is 17.1 Å². The summed E-state index contributed by atoms with van der Waals surface area (Å²) in [4.78, 5) is 25.2. The van der Waals surface area contributed by atoms with Crippen LogP contribution in [0.5, 0.6) is 0 Å². The normalized spacial score (nSPS) is 11.4. The fraction of sp³-hybridized carbons (Fsp3) is 0. The quantitative estimate of drug-likeness (QED) is 0.162. The lowest BCUT2D eigenvalue weighted by molar-refractivity contribution is -0.112. The van der Waals surface area contributed by atoms with Gasteiger partial charge in [-0.25, -0.2) is 8.78 Å². The molecule has 0 aliphatic heterocycles. The molecular weight excluding hydrogens is 557 g/mol. The number of hydrogen-bond donors (Lipinski definition) is 2. The molecule has 0 bridgehead atoms. The topological polar surface area (TPSA) is 82.9 Å². The lowest BCUT2D eigenvalue weighted by Crippen LogP contribution is -2.10. The molecule has 0 atom stereocenters. The Balaban J connectivity index is 1.57. The molecule has 0 aromatic heterocycles. The van der Waals surface area contributed by atoms with E-state index in [1.165, 1.54) is 54.6 Å². The molecule has 0 radical (unpaired) electrons. The molecule has 0 heterocycles. The number of azo groups is 1. The molecule has 4 aromatic rings. The summed E-state index contributed by atoms with van der Waals surface area (Å²) in [6.07, 6.45) is 4.76. The van der Waals surface area contributed by atoms with Crippen LogP contribution >= 0.6 is 23.2 Å². The first-order chi connectivity index (χ1) is 19.3. The van der Waals surface area contributed by atoms with E-state index >= 15 is 0 Å². The number of amides is 2. The van der Waals surface area contributed by atoms with Crippen molar-refractivity contribution in [3.63, 3.8) is 0 Å². The number of carbonyl (C=O) groups is 2. The van der Waals surface area contributed by atoms with Crippen LogP contribution in [0, 0.1) is 11.6 Å². The molecule has 6 nitrogen and oxygen atoms in total. The van der Waals surface area contributed by atoms with Crippen molar-refractivity contribution in [1.82, 2.24) is 0 Å². The first kappa shape index (κ1) is 28.4. The van der Waals surface area contributed by atoms with Crippen molar-refractivity contribution < 1.29 is 18.4 Å². The van der Waals surface area contributed by atoms with Gasteiger partial charge in [-0.05, 0) is 66.7 Å². The van der Waals surface area contributed by atoms with Gasteiger partial charge in [0, 0.05) is 29.0 Å². The standard InChI is InChI=1S/C30H20Cl2F2N4O2/c31-23-8-4-10-25(33)21(23)13-16-29(39)35-20-12-15-27(38-37-19-6-2-1-3-7-19)28(18-20)36-30(40)17-14-22-24(32)9-5-11-26(22)34/h1-18H,(H,35,39)(H,36,40)/b16-13+,17-14+,38-37?. The second kappa shape index (κ2) is 13.4. The Kier molecular flexibility index (Phi) is 9.51. The second-order valence-electron chi connectivity index (χ2n) is 8.18. The van der Waals surface area contributed by atoms with Crippen LogP contribution < -0.4 is 10.6 Å². The highest BCUT2D eigenvalue weighted by Gasteiger charge is 2.10. The molecule has 40 heavy (non-hydrogen) atoms. The highest BCUT2D eigenvalue weighted by molar-refractivity contribution is 6.32. The van der Waals surface area contributed by atoms with Crippen molar-refractivity contribution in [3.8, 4) is 0 Å². The van der Waals surface area contributed by atoms with E-state index in [2.05, 4.69) is 20.9 Å². The Morgan fingerprint density at radius 1 is 0.675 bits per heavy atom. The van der Waals surface area contributed by atoms with Crippen molar-refractivity contribution in [2.24, 2.45) is 10.2 Å². The van der Waals surface area contributed by atoms with Crippen LogP contribution in [-0.2, 0) is 9.59 Å². The van der Waals surface area contributed by atoms with E-state index in [-0.39, 0.29) is 26.9 Å². The van der Waals surface area contributed by atoms with Crippen LogP contribution in [0.3, 0.4) is 0 Å². The molecule has 0 unspecified atom stereocenters. The van der Waals surface area contributed by atoms with Gasteiger partial charge in [-0.1, -0.05) is 53.5 Å². The third-order valence-corrected chi connectivity index (χ3v) is 6.01. The van der Waals surface area contributed by atoms with Gasteiger partial charge in [-0.2, -0.15) is 5.11 Å². The maximum absolute atomic E-state index is 14.1. The summed E-state index contributed by atoms with van der Waals surface area (Å²) in [6.45, 7) is 0. The highest BCUT2D eigenvalue weighted by atomic mass is 35.5. The average molecular weight is 577 g/mol. The zero-order chi connectivity index (χ0) is 28.5. The SMILES string of the molecule is O=C(/C=C/c1c(F)cccc1Cl)Nc1ccc(N=Nc2ccccc2)c(NC(=O)/C=C/c2c(F)cccc2Cl)c1. The number of carbonyl (C=O) groups excluding carboxylic acids is 2. The maximum atomic E-state index is 14.1. The molecule has 4 rings (SSSR count). The Morgan fingerprint density at radius 3 is 1.82 bits per heavy atom. The lowest BCUT2D eigenvalue weighted by atomic mass is 10.2. The van der Waals surface area contributed by atoms with Crippen LogP contribution in [-0.4, -0.2) is 11.8 Å². The summed E-state index contributed by atoms with van der Waals surface area (Å²) in [6, 6.07) is 21.9. The number of rotatable bonds is 8. The van der Waals surface area contributed by atoms with E-state index in [1.54, 1.807) is 36.4 Å². The minimum absolute atomic E-state index is 0.0612. The summed E-state index contributed by atoms with van der Waals surface area (Å²) < 4.78 is 28.1. The summed E-state index contributed by atoms with van der Waals surface area (Å²) >= 11 is 12.0. The van der Waals surface area contributed by atoms with Gasteiger partial charge >= 0.3 is 0 Å². The van der Waals surface area contributed by atoms with Gasteiger partial charge in [0.05, 0.1) is 21.4 Å². The van der Waals surface area contributed by atoms with Crippen molar-refractivity contribution in [1.29, 1.82) is 0 Å². The van der Waals surface area contributed by atoms with E-state index < -0.39 is 23.4 Å². The van der Waals surface area contributed by atoms with Crippen LogP contribution in [0.2, 0.25) is 10.0 Å². The largest absolute Gasteiger partial charge is 0.322 e. The fourth-order valence-corrected chi connectivity index (χ4v) is 3.88. The molecule has 0 spiro atoms. The van der Waals surface area contributed by atoms with Crippen molar-refractivity contribution in [2.45, 2.75) is 0 Å². The van der Waals surface area contributed by atoms with Crippen molar-refractivity contribution in [2.75, 3.05) is 10.6 Å². The Morgan fingerprint density at radius 2 is 1.25 bits per heavy atom. The van der Waals surface area contributed by atoms with Crippen LogP contribution in [0.1, 0.15) is 11.1 Å². The second-order valence-corrected chi connectivity index (χ2v) is 9.00. The number of hydrogen-bond acceptors (Lipinski definition) is 4. The molecule has 2 N–H and O–H groups in total. The summed E-state index contributed by atoms with van der Waals surface area (Å²) in [5, 5.41) is 14.0. The van der Waals surface area contributed by atoms with Crippen molar-refractivity contribution >= 4 is 69.9 Å². The summed E-state index contributed by atoms with van der Waals surface area (Å²) in [5.41, 5.74) is 1.54. The predicted octanol–water partition coefficient (Wildman–Crippen LogP) is 8.99. The fourth-order valence-electron chi connectivity index (χ4n) is 3.42. The van der Waals surface area contributed by atoms with Crippen LogP contribution in [0.25, 0.3) is 12.2 Å². The minimum atomic E-state index is -0.604. The predicted molar refractivity (Wildman–Crippen MR) is 155 cm³/mol. The highest BCUT2D eigenvalue weighted by Crippen LogP contribution is 2.31. The number of benzene rings is 4. The number of anilines is 2. The number of halogens is 4. The molecule has 0 saturated heterocycles. The molecule has 0 aliphatic carbocycles. The van der Waals surface area contributed by atoms with Crippen LogP contribution in [0.15, 0.2) is 107 Å². The molecular formula is C30H20Cl2F2N4O2. The smallest absolute Gasteiger partial charge is 0.248 e. The van der Waals surface area contributed by atoms with Gasteiger partial charge in [0.25, 0.3) is 0 Å². The monoisotopic (exact) mass is 576 g/mol. The number of nitrogens with zero attached hydrogens (tertiary/aromatic N) is 2. The number of nitrogens with one attached hydrogen (secondary N) is 2. The van der Waals surface area contributed by atoms with Gasteiger partial charge in [0.2, 0.25) is 11.8 Å². The molecule has 10 heteroatoms.